The van der Waals surface area contributed by atoms with Gasteiger partial charge in [-0.1, -0.05) is 12.1 Å². The Kier molecular flexibility index (Phi) is 3.28. The van der Waals surface area contributed by atoms with Gasteiger partial charge in [0.2, 0.25) is 0 Å². The summed E-state index contributed by atoms with van der Waals surface area (Å²) < 4.78 is 11.8. The molecule has 1 fully saturated rings. The number of hydrogen-bond acceptors (Lipinski definition) is 4. The Morgan fingerprint density at radius 2 is 1.58 bits per heavy atom. The van der Waals surface area contributed by atoms with Gasteiger partial charge in [0.05, 0.1) is 11.2 Å². The van der Waals surface area contributed by atoms with Crippen molar-refractivity contribution in [3.63, 3.8) is 0 Å². The van der Waals surface area contributed by atoms with Crippen LogP contribution < -0.4 is 10.9 Å². The first-order valence-corrected chi connectivity index (χ1v) is 6.08. The fourth-order valence-electron chi connectivity index (χ4n) is 1.80. The van der Waals surface area contributed by atoms with Crippen LogP contribution in [0.15, 0.2) is 24.3 Å². The second kappa shape index (κ2) is 4.50. The van der Waals surface area contributed by atoms with Gasteiger partial charge in [-0.15, -0.1) is 5.43 Å². The molecule has 1 aliphatic rings. The van der Waals surface area contributed by atoms with Crippen molar-refractivity contribution in [1.82, 2.24) is 0 Å². The van der Waals surface area contributed by atoms with Crippen LogP contribution in [-0.2, 0) is 9.31 Å². The maximum Gasteiger partial charge on any atom is 0.494 e. The summed E-state index contributed by atoms with van der Waals surface area (Å²) in [4.78, 5) is 10.3. The monoisotopic (exact) mass is 264 g/mol. The number of rotatable bonds is 3. The predicted molar refractivity (Wildman–Crippen MR) is 72.8 cm³/mol. The molecule has 1 aromatic rings. The molecule has 0 atom stereocenters. The Morgan fingerprint density at radius 1 is 1.11 bits per heavy atom. The van der Waals surface area contributed by atoms with Crippen LogP contribution in [0.25, 0.3) is 0 Å². The summed E-state index contributed by atoms with van der Waals surface area (Å²) >= 11 is 0. The van der Waals surface area contributed by atoms with E-state index in [-0.39, 0.29) is 0 Å². The molecule has 0 bridgehead atoms. The molecule has 0 amide bonds. The molecule has 2 rings (SSSR count). The highest BCUT2D eigenvalue weighted by molar-refractivity contribution is 6.62. The third kappa shape index (κ3) is 2.72. The lowest BCUT2D eigenvalue weighted by molar-refractivity contribution is -0.445. The lowest BCUT2D eigenvalue weighted by Gasteiger charge is -2.32. The average Bonchev–Trinajstić information content (AvgIpc) is 2.48. The molecule has 1 saturated heterocycles. The van der Waals surface area contributed by atoms with Gasteiger partial charge in [0.1, 0.15) is 5.69 Å². The standard InChI is InChI=1S/C12H17BN2O4/c1-11(2)12(3,4)19-13(18-11)9-5-7-10(8-6-9)14-15(16)17/h5-8,14H,1-4H3. The molecular formula is C12H17BN2O4. The Hall–Kier alpha value is -1.60. The Balaban J connectivity index is 2.14. The zero-order chi connectivity index (χ0) is 14.3. The van der Waals surface area contributed by atoms with Crippen LogP contribution in [-0.4, -0.2) is 23.4 Å². The van der Waals surface area contributed by atoms with Gasteiger partial charge >= 0.3 is 7.12 Å². The van der Waals surface area contributed by atoms with Crippen molar-refractivity contribution < 1.29 is 14.3 Å². The summed E-state index contributed by atoms with van der Waals surface area (Å²) in [5.74, 6) is 0. The second-order valence-electron chi connectivity index (χ2n) is 5.58. The summed E-state index contributed by atoms with van der Waals surface area (Å²) in [6, 6.07) is 6.77. The maximum absolute atomic E-state index is 10.3. The highest BCUT2D eigenvalue weighted by Gasteiger charge is 2.51. The van der Waals surface area contributed by atoms with Crippen LogP contribution in [0.4, 0.5) is 5.69 Å². The second-order valence-corrected chi connectivity index (χ2v) is 5.58. The lowest BCUT2D eigenvalue weighted by Crippen LogP contribution is -2.41. The summed E-state index contributed by atoms with van der Waals surface area (Å²) in [5.41, 5.74) is 2.57. The number of nitrogens with zero attached hydrogens (tertiary/aromatic N) is 1. The van der Waals surface area contributed by atoms with E-state index in [1.807, 2.05) is 27.7 Å². The van der Waals surface area contributed by atoms with E-state index in [4.69, 9.17) is 9.31 Å². The summed E-state index contributed by atoms with van der Waals surface area (Å²) in [6.07, 6.45) is 0. The zero-order valence-corrected chi connectivity index (χ0v) is 11.5. The first-order chi connectivity index (χ1) is 8.71. The lowest BCUT2D eigenvalue weighted by atomic mass is 9.79. The number of anilines is 1. The molecule has 0 unspecified atom stereocenters. The van der Waals surface area contributed by atoms with Crippen LogP contribution in [0.1, 0.15) is 27.7 Å². The largest absolute Gasteiger partial charge is 0.494 e. The van der Waals surface area contributed by atoms with E-state index in [1.54, 1.807) is 24.3 Å². The van der Waals surface area contributed by atoms with Gasteiger partial charge < -0.3 is 9.31 Å². The minimum Gasteiger partial charge on any atom is -0.399 e. The highest BCUT2D eigenvalue weighted by atomic mass is 16.7. The number of hydrogen-bond donors (Lipinski definition) is 1. The third-order valence-corrected chi connectivity index (χ3v) is 3.66. The smallest absolute Gasteiger partial charge is 0.399 e. The molecule has 7 heteroatoms. The van der Waals surface area contributed by atoms with Gasteiger partial charge in [0.15, 0.2) is 5.03 Å². The van der Waals surface area contributed by atoms with Gasteiger partial charge in [0.25, 0.3) is 0 Å². The van der Waals surface area contributed by atoms with Crippen LogP contribution in [0.5, 0.6) is 0 Å². The summed E-state index contributed by atoms with van der Waals surface area (Å²) in [7, 11) is -0.449. The van der Waals surface area contributed by atoms with Crippen molar-refractivity contribution in [3.8, 4) is 0 Å². The normalized spacial score (nSPS) is 20.3. The van der Waals surface area contributed by atoms with Crippen LogP contribution in [0.3, 0.4) is 0 Å². The molecule has 1 aromatic carbocycles. The van der Waals surface area contributed by atoms with E-state index in [0.717, 1.165) is 5.46 Å². The topological polar surface area (TPSA) is 73.6 Å². The Bertz CT molecular complexity index is 471. The van der Waals surface area contributed by atoms with E-state index in [0.29, 0.717) is 5.69 Å². The van der Waals surface area contributed by atoms with Gasteiger partial charge in [-0.3, -0.25) is 0 Å². The fraction of sp³-hybridized carbons (Fsp3) is 0.500. The maximum atomic E-state index is 10.3. The quantitative estimate of drug-likeness (QED) is 0.509. The van der Waals surface area contributed by atoms with Crippen LogP contribution in [0.2, 0.25) is 0 Å². The van der Waals surface area contributed by atoms with E-state index in [9.17, 15) is 10.1 Å². The van der Waals surface area contributed by atoms with Crippen LogP contribution in [0, 0.1) is 10.1 Å². The minimum atomic E-state index is -0.593. The average molecular weight is 264 g/mol. The molecule has 19 heavy (non-hydrogen) atoms. The van der Waals surface area contributed by atoms with Gasteiger partial charge in [-0.25, -0.2) is 10.1 Å². The highest BCUT2D eigenvalue weighted by Crippen LogP contribution is 2.36. The van der Waals surface area contributed by atoms with Crippen molar-refractivity contribution >= 4 is 18.3 Å². The van der Waals surface area contributed by atoms with E-state index < -0.39 is 23.4 Å². The summed E-state index contributed by atoms with van der Waals surface area (Å²) in [6.45, 7) is 7.93. The van der Waals surface area contributed by atoms with Crippen molar-refractivity contribution in [3.05, 3.63) is 34.4 Å². The van der Waals surface area contributed by atoms with Gasteiger partial charge in [-0.2, -0.15) is 0 Å². The molecule has 1 N–H and O–H groups in total. The molecule has 6 nitrogen and oxygen atoms in total. The third-order valence-electron chi connectivity index (χ3n) is 3.66. The number of nitrogens with one attached hydrogen (secondary N) is 1. The molecule has 0 spiro atoms. The molecule has 102 valence electrons. The number of nitro groups is 1. The van der Waals surface area contributed by atoms with E-state index in [2.05, 4.69) is 5.43 Å². The molecule has 0 radical (unpaired) electrons. The van der Waals surface area contributed by atoms with Crippen molar-refractivity contribution in [2.75, 3.05) is 5.43 Å². The van der Waals surface area contributed by atoms with E-state index >= 15 is 0 Å². The minimum absolute atomic E-state index is 0.393. The molecule has 1 heterocycles. The zero-order valence-electron chi connectivity index (χ0n) is 11.5. The number of hydrazine groups is 1. The SMILES string of the molecule is CC1(C)OB(c2ccc(N[N+](=O)[O-])cc2)OC1(C)C. The summed E-state index contributed by atoms with van der Waals surface area (Å²) in [5, 5.41) is 9.73. The first kappa shape index (κ1) is 13.8. The van der Waals surface area contributed by atoms with Gasteiger partial charge in [0, 0.05) is 0 Å². The Morgan fingerprint density at radius 3 is 2.00 bits per heavy atom. The molecule has 0 saturated carbocycles. The van der Waals surface area contributed by atoms with E-state index in [1.165, 1.54) is 0 Å². The fourth-order valence-corrected chi connectivity index (χ4v) is 1.80. The van der Waals surface area contributed by atoms with Gasteiger partial charge in [-0.05, 0) is 45.3 Å². The first-order valence-electron chi connectivity index (χ1n) is 6.08. The molecule has 0 aromatic heterocycles. The van der Waals surface area contributed by atoms with Crippen molar-refractivity contribution in [2.45, 2.75) is 38.9 Å². The van der Waals surface area contributed by atoms with Crippen molar-refractivity contribution in [2.24, 2.45) is 0 Å². The number of benzene rings is 1. The predicted octanol–water partition coefficient (Wildman–Crippen LogP) is 1.59. The molecular weight excluding hydrogens is 247 g/mol. The molecule has 1 aliphatic heterocycles. The molecule has 0 aliphatic carbocycles. The van der Waals surface area contributed by atoms with Crippen molar-refractivity contribution in [1.29, 1.82) is 0 Å². The van der Waals surface area contributed by atoms with Crippen LogP contribution >= 0.6 is 0 Å². The Labute approximate surface area is 112 Å².